The summed E-state index contributed by atoms with van der Waals surface area (Å²) in [6, 6.07) is 17.6. The molecule has 0 unspecified atom stereocenters. The van der Waals surface area contributed by atoms with Crippen LogP contribution in [0.4, 0.5) is 0 Å². The van der Waals surface area contributed by atoms with Crippen LogP contribution >= 0.6 is 0 Å². The second kappa shape index (κ2) is 7.71. The fourth-order valence-corrected chi connectivity index (χ4v) is 4.30. The van der Waals surface area contributed by atoms with Crippen molar-refractivity contribution in [2.24, 2.45) is 5.92 Å². The number of hydrogen-bond acceptors (Lipinski definition) is 4. The third kappa shape index (κ3) is 4.99. The van der Waals surface area contributed by atoms with Crippen LogP contribution in [-0.2, 0) is 16.4 Å². The Labute approximate surface area is 143 Å². The largest absolute Gasteiger partial charge is 0.493 e. The highest BCUT2D eigenvalue weighted by Crippen LogP contribution is 2.23. The van der Waals surface area contributed by atoms with Crippen LogP contribution in [0, 0.1) is 5.92 Å². The first-order valence-corrected chi connectivity index (χ1v) is 10.0. The van der Waals surface area contributed by atoms with Crippen LogP contribution < -0.4 is 9.47 Å². The molecule has 4 nitrogen and oxygen atoms in total. The number of benzene rings is 2. The van der Waals surface area contributed by atoms with E-state index in [9.17, 15) is 8.42 Å². The predicted octanol–water partition coefficient (Wildman–Crippen LogP) is 3.47. The standard InChI is InChI=1S/C19H22O4S/c20-24(21)11-9-17(10-12-24)15-23-19-8-4-7-18(13-19)22-14-16-5-2-1-3-6-16/h1-8,13,17H,9-12,14-15H2. The summed E-state index contributed by atoms with van der Waals surface area (Å²) in [6.07, 6.45) is 1.37. The van der Waals surface area contributed by atoms with Gasteiger partial charge < -0.3 is 9.47 Å². The predicted molar refractivity (Wildman–Crippen MR) is 94.1 cm³/mol. The maximum absolute atomic E-state index is 11.4. The van der Waals surface area contributed by atoms with Gasteiger partial charge in [0.1, 0.15) is 27.9 Å². The zero-order chi connectivity index (χ0) is 16.8. The molecule has 0 amide bonds. The average molecular weight is 346 g/mol. The Morgan fingerprint density at radius 3 is 2.25 bits per heavy atom. The molecule has 128 valence electrons. The van der Waals surface area contributed by atoms with E-state index in [1.54, 1.807) is 0 Å². The van der Waals surface area contributed by atoms with E-state index in [-0.39, 0.29) is 11.5 Å². The maximum Gasteiger partial charge on any atom is 0.150 e. The molecule has 0 N–H and O–H groups in total. The molecule has 0 atom stereocenters. The van der Waals surface area contributed by atoms with Crippen molar-refractivity contribution in [2.45, 2.75) is 19.4 Å². The van der Waals surface area contributed by atoms with Crippen molar-refractivity contribution >= 4 is 9.84 Å². The molecule has 24 heavy (non-hydrogen) atoms. The van der Waals surface area contributed by atoms with Gasteiger partial charge in [-0.1, -0.05) is 36.4 Å². The zero-order valence-corrected chi connectivity index (χ0v) is 14.4. The van der Waals surface area contributed by atoms with Crippen molar-refractivity contribution in [2.75, 3.05) is 18.1 Å². The van der Waals surface area contributed by atoms with Gasteiger partial charge in [0.2, 0.25) is 0 Å². The third-order valence-electron chi connectivity index (χ3n) is 4.21. The molecule has 0 radical (unpaired) electrons. The van der Waals surface area contributed by atoms with Gasteiger partial charge in [0.25, 0.3) is 0 Å². The molecule has 0 aliphatic carbocycles. The molecular weight excluding hydrogens is 324 g/mol. The Hall–Kier alpha value is -2.01. The van der Waals surface area contributed by atoms with Crippen LogP contribution in [0.5, 0.6) is 11.5 Å². The third-order valence-corrected chi connectivity index (χ3v) is 5.93. The van der Waals surface area contributed by atoms with E-state index >= 15 is 0 Å². The van der Waals surface area contributed by atoms with E-state index in [1.807, 2.05) is 54.6 Å². The summed E-state index contributed by atoms with van der Waals surface area (Å²) in [5.74, 6) is 2.39. The highest BCUT2D eigenvalue weighted by molar-refractivity contribution is 7.91. The van der Waals surface area contributed by atoms with Crippen LogP contribution in [0.3, 0.4) is 0 Å². The molecule has 1 aliphatic rings. The molecule has 2 aromatic rings. The minimum absolute atomic E-state index is 0.279. The smallest absolute Gasteiger partial charge is 0.150 e. The van der Waals surface area contributed by atoms with Gasteiger partial charge in [-0.15, -0.1) is 0 Å². The first kappa shape index (κ1) is 16.8. The number of ether oxygens (including phenoxy) is 2. The normalized spacial score (nSPS) is 17.3. The van der Waals surface area contributed by atoms with Gasteiger partial charge in [-0.25, -0.2) is 8.42 Å². The van der Waals surface area contributed by atoms with E-state index in [1.165, 1.54) is 0 Å². The summed E-state index contributed by atoms with van der Waals surface area (Å²) in [6.45, 7) is 1.07. The van der Waals surface area contributed by atoms with E-state index in [0.29, 0.717) is 32.0 Å². The van der Waals surface area contributed by atoms with Gasteiger partial charge in [-0.05, 0) is 36.5 Å². The Morgan fingerprint density at radius 2 is 1.54 bits per heavy atom. The second-order valence-corrected chi connectivity index (χ2v) is 8.46. The lowest BCUT2D eigenvalue weighted by Crippen LogP contribution is -2.26. The highest BCUT2D eigenvalue weighted by Gasteiger charge is 2.23. The van der Waals surface area contributed by atoms with Crippen LogP contribution in [0.2, 0.25) is 0 Å². The van der Waals surface area contributed by atoms with E-state index in [0.717, 1.165) is 17.1 Å². The van der Waals surface area contributed by atoms with Crippen molar-refractivity contribution in [1.29, 1.82) is 0 Å². The summed E-state index contributed by atoms with van der Waals surface area (Å²) < 4.78 is 34.5. The molecule has 0 spiro atoms. The van der Waals surface area contributed by atoms with Crippen LogP contribution in [0.25, 0.3) is 0 Å². The summed E-state index contributed by atoms with van der Waals surface area (Å²) in [7, 11) is -2.81. The van der Waals surface area contributed by atoms with E-state index in [2.05, 4.69) is 0 Å². The average Bonchev–Trinajstić information content (AvgIpc) is 2.60. The molecular formula is C19H22O4S. The van der Waals surface area contributed by atoms with E-state index < -0.39 is 9.84 Å². The SMILES string of the molecule is O=S1(=O)CCC(COc2cccc(OCc3ccccc3)c2)CC1. The highest BCUT2D eigenvalue weighted by atomic mass is 32.2. The Morgan fingerprint density at radius 1 is 0.875 bits per heavy atom. The van der Waals surface area contributed by atoms with Crippen LogP contribution in [0.15, 0.2) is 54.6 Å². The molecule has 5 heteroatoms. The van der Waals surface area contributed by atoms with Crippen molar-refractivity contribution in [3.05, 3.63) is 60.2 Å². The Bertz CT molecular complexity index is 742. The minimum Gasteiger partial charge on any atom is -0.493 e. The maximum atomic E-state index is 11.4. The Kier molecular flexibility index (Phi) is 5.41. The first-order valence-electron chi connectivity index (χ1n) is 8.21. The first-order chi connectivity index (χ1) is 11.6. The minimum atomic E-state index is -2.81. The molecule has 1 heterocycles. The molecule has 3 rings (SSSR count). The van der Waals surface area contributed by atoms with Gasteiger partial charge in [0.15, 0.2) is 0 Å². The van der Waals surface area contributed by atoms with E-state index in [4.69, 9.17) is 9.47 Å². The van der Waals surface area contributed by atoms with Crippen molar-refractivity contribution in [1.82, 2.24) is 0 Å². The lowest BCUT2D eigenvalue weighted by molar-refractivity contribution is 0.236. The summed E-state index contributed by atoms with van der Waals surface area (Å²) in [5, 5.41) is 0. The quantitative estimate of drug-likeness (QED) is 0.804. The zero-order valence-electron chi connectivity index (χ0n) is 13.6. The van der Waals surface area contributed by atoms with Crippen LogP contribution in [0.1, 0.15) is 18.4 Å². The van der Waals surface area contributed by atoms with Crippen molar-refractivity contribution in [3.8, 4) is 11.5 Å². The monoisotopic (exact) mass is 346 g/mol. The van der Waals surface area contributed by atoms with Gasteiger partial charge in [0.05, 0.1) is 18.1 Å². The summed E-state index contributed by atoms with van der Waals surface area (Å²) in [4.78, 5) is 0. The number of rotatable bonds is 6. The lowest BCUT2D eigenvalue weighted by atomic mass is 10.0. The second-order valence-electron chi connectivity index (χ2n) is 6.16. The topological polar surface area (TPSA) is 52.6 Å². The summed E-state index contributed by atoms with van der Waals surface area (Å²) >= 11 is 0. The molecule has 1 saturated heterocycles. The molecule has 0 saturated carbocycles. The van der Waals surface area contributed by atoms with Crippen molar-refractivity contribution in [3.63, 3.8) is 0 Å². The number of hydrogen-bond donors (Lipinski definition) is 0. The van der Waals surface area contributed by atoms with Gasteiger partial charge in [0, 0.05) is 6.07 Å². The lowest BCUT2D eigenvalue weighted by Gasteiger charge is -2.22. The van der Waals surface area contributed by atoms with Gasteiger partial charge in [-0.2, -0.15) is 0 Å². The molecule has 1 aliphatic heterocycles. The summed E-state index contributed by atoms with van der Waals surface area (Å²) in [5.41, 5.74) is 1.12. The fourth-order valence-electron chi connectivity index (χ4n) is 2.71. The van der Waals surface area contributed by atoms with Gasteiger partial charge in [-0.3, -0.25) is 0 Å². The molecule has 0 aromatic heterocycles. The molecule has 1 fully saturated rings. The van der Waals surface area contributed by atoms with Crippen LogP contribution in [-0.4, -0.2) is 26.5 Å². The fraction of sp³-hybridized carbons (Fsp3) is 0.368. The Balaban J connectivity index is 1.50. The molecule has 2 aromatic carbocycles. The number of sulfone groups is 1. The van der Waals surface area contributed by atoms with Gasteiger partial charge >= 0.3 is 0 Å². The van der Waals surface area contributed by atoms with Crippen molar-refractivity contribution < 1.29 is 17.9 Å². The molecule has 0 bridgehead atoms.